The molecule has 2 rings (SSSR count). The molecule has 0 fully saturated rings. The largest absolute Gasteiger partial charge is 0.493 e. The van der Waals surface area contributed by atoms with Gasteiger partial charge in [0.25, 0.3) is 0 Å². The van der Waals surface area contributed by atoms with Gasteiger partial charge in [-0.2, -0.15) is 0 Å². The fraction of sp³-hybridized carbons (Fsp3) is 0.294. The molecule has 21 heavy (non-hydrogen) atoms. The summed E-state index contributed by atoms with van der Waals surface area (Å²) in [4.78, 5) is 0. The lowest BCUT2D eigenvalue weighted by molar-refractivity contribution is 0.338. The van der Waals surface area contributed by atoms with Crippen molar-refractivity contribution in [2.24, 2.45) is 0 Å². The summed E-state index contributed by atoms with van der Waals surface area (Å²) in [7, 11) is 1.87. The second-order valence-corrected chi connectivity index (χ2v) is 5.71. The normalized spacial score (nSPS) is 12.2. The van der Waals surface area contributed by atoms with Crippen LogP contribution in [0.1, 0.15) is 29.7 Å². The Morgan fingerprint density at radius 3 is 2.43 bits per heavy atom. The first-order valence-corrected chi connectivity index (χ1v) is 7.71. The molecule has 1 atom stereocenters. The summed E-state index contributed by atoms with van der Waals surface area (Å²) in [5, 5.41) is 3.23. The van der Waals surface area contributed by atoms with E-state index in [1.54, 1.807) is 19.1 Å². The highest BCUT2D eigenvalue weighted by atomic mass is 79.9. The van der Waals surface area contributed by atoms with Crippen LogP contribution in [-0.4, -0.2) is 13.7 Å². The van der Waals surface area contributed by atoms with Crippen molar-refractivity contribution in [3.63, 3.8) is 0 Å². The van der Waals surface area contributed by atoms with Crippen molar-refractivity contribution in [3.05, 3.63) is 63.4 Å². The molecule has 0 saturated heterocycles. The Balaban J connectivity index is 2.36. The number of nitrogens with one attached hydrogen (secondary N) is 1. The van der Waals surface area contributed by atoms with Gasteiger partial charge in [0.05, 0.1) is 17.1 Å². The number of hydrogen-bond donors (Lipinski definition) is 1. The molecule has 0 amide bonds. The van der Waals surface area contributed by atoms with E-state index in [2.05, 4.69) is 21.2 Å². The van der Waals surface area contributed by atoms with E-state index in [4.69, 9.17) is 4.74 Å². The third kappa shape index (κ3) is 3.63. The van der Waals surface area contributed by atoms with E-state index in [9.17, 15) is 4.39 Å². The third-order valence-corrected chi connectivity index (χ3v) is 4.03. The van der Waals surface area contributed by atoms with Crippen LogP contribution in [-0.2, 0) is 0 Å². The summed E-state index contributed by atoms with van der Waals surface area (Å²) in [5.74, 6) is 0.629. The Kier molecular flexibility index (Phi) is 5.37. The van der Waals surface area contributed by atoms with Gasteiger partial charge in [-0.15, -0.1) is 0 Å². The number of rotatable bonds is 5. The van der Waals surface area contributed by atoms with Gasteiger partial charge < -0.3 is 10.1 Å². The van der Waals surface area contributed by atoms with Gasteiger partial charge in [0, 0.05) is 0 Å². The van der Waals surface area contributed by atoms with Gasteiger partial charge in [-0.1, -0.05) is 18.2 Å². The maximum atomic E-state index is 13.8. The Morgan fingerprint density at radius 1 is 1.19 bits per heavy atom. The van der Waals surface area contributed by atoms with E-state index < -0.39 is 0 Å². The minimum Gasteiger partial charge on any atom is -0.493 e. The zero-order chi connectivity index (χ0) is 15.4. The van der Waals surface area contributed by atoms with Crippen molar-refractivity contribution in [2.75, 3.05) is 13.7 Å². The molecular weight excluding hydrogens is 333 g/mol. The number of aryl methyl sites for hydroxylation is 1. The van der Waals surface area contributed by atoms with Crippen LogP contribution in [0, 0.1) is 12.7 Å². The molecule has 2 aromatic carbocycles. The molecule has 2 aromatic rings. The molecular formula is C17H19BrFNO. The molecule has 0 radical (unpaired) electrons. The van der Waals surface area contributed by atoms with E-state index in [1.807, 2.05) is 38.2 Å². The van der Waals surface area contributed by atoms with E-state index in [1.165, 1.54) is 0 Å². The molecule has 0 aliphatic carbocycles. The Morgan fingerprint density at radius 2 is 1.86 bits per heavy atom. The molecule has 1 N–H and O–H groups in total. The first kappa shape index (κ1) is 16.0. The van der Waals surface area contributed by atoms with E-state index >= 15 is 0 Å². The summed E-state index contributed by atoms with van der Waals surface area (Å²) in [6.07, 6.45) is 0. The molecule has 0 aliphatic heterocycles. The molecule has 1 unspecified atom stereocenters. The highest BCUT2D eigenvalue weighted by Crippen LogP contribution is 2.31. The standard InChI is InChI=1S/C17H19BrFNO/c1-4-21-16-8-7-12(9-14(16)18)17(20-3)13-6-5-11(2)15(19)10-13/h5-10,17,20H,4H2,1-3H3. The smallest absolute Gasteiger partial charge is 0.133 e. The van der Waals surface area contributed by atoms with E-state index in [0.717, 1.165) is 21.3 Å². The fourth-order valence-electron chi connectivity index (χ4n) is 2.28. The zero-order valence-electron chi connectivity index (χ0n) is 12.4. The van der Waals surface area contributed by atoms with Gasteiger partial charge in [-0.05, 0) is 71.7 Å². The summed E-state index contributed by atoms with van der Waals surface area (Å²) in [6, 6.07) is 11.2. The monoisotopic (exact) mass is 351 g/mol. The number of halogens is 2. The van der Waals surface area contributed by atoms with Crippen LogP contribution >= 0.6 is 15.9 Å². The first-order chi connectivity index (χ1) is 10.1. The highest BCUT2D eigenvalue weighted by molar-refractivity contribution is 9.10. The average molecular weight is 352 g/mol. The molecule has 0 bridgehead atoms. The molecule has 2 nitrogen and oxygen atoms in total. The van der Waals surface area contributed by atoms with Crippen LogP contribution in [0.25, 0.3) is 0 Å². The number of ether oxygens (including phenoxy) is 1. The molecule has 0 aromatic heterocycles. The topological polar surface area (TPSA) is 21.3 Å². The first-order valence-electron chi connectivity index (χ1n) is 6.92. The maximum Gasteiger partial charge on any atom is 0.133 e. The minimum absolute atomic E-state index is 0.0629. The van der Waals surface area contributed by atoms with Crippen molar-refractivity contribution in [1.82, 2.24) is 5.32 Å². The van der Waals surface area contributed by atoms with Gasteiger partial charge in [0.15, 0.2) is 0 Å². The molecule has 0 spiro atoms. The fourth-order valence-corrected chi connectivity index (χ4v) is 2.79. The van der Waals surface area contributed by atoms with Crippen LogP contribution in [0.5, 0.6) is 5.75 Å². The summed E-state index contributed by atoms with van der Waals surface area (Å²) in [5.41, 5.74) is 2.61. The second kappa shape index (κ2) is 7.05. The zero-order valence-corrected chi connectivity index (χ0v) is 14.0. The minimum atomic E-state index is -0.183. The summed E-state index contributed by atoms with van der Waals surface area (Å²) < 4.78 is 20.2. The van der Waals surface area contributed by atoms with E-state index in [-0.39, 0.29) is 11.9 Å². The van der Waals surface area contributed by atoms with Crippen molar-refractivity contribution >= 4 is 15.9 Å². The second-order valence-electron chi connectivity index (χ2n) is 4.85. The SMILES string of the molecule is CCOc1ccc(C(NC)c2ccc(C)c(F)c2)cc1Br. The molecule has 0 saturated carbocycles. The lowest BCUT2D eigenvalue weighted by Gasteiger charge is -2.19. The Labute approximate surface area is 133 Å². The van der Waals surface area contributed by atoms with Crippen LogP contribution in [0.4, 0.5) is 4.39 Å². The summed E-state index contributed by atoms with van der Waals surface area (Å²) in [6.45, 7) is 4.34. The lowest BCUT2D eigenvalue weighted by atomic mass is 9.97. The van der Waals surface area contributed by atoms with Crippen LogP contribution in [0.3, 0.4) is 0 Å². The maximum absolute atomic E-state index is 13.8. The van der Waals surface area contributed by atoms with Crippen LogP contribution in [0.2, 0.25) is 0 Å². The predicted octanol–water partition coefficient (Wildman–Crippen LogP) is 4.60. The van der Waals surface area contributed by atoms with Crippen molar-refractivity contribution in [2.45, 2.75) is 19.9 Å². The van der Waals surface area contributed by atoms with Gasteiger partial charge in [0.2, 0.25) is 0 Å². The average Bonchev–Trinajstić information content (AvgIpc) is 2.46. The number of hydrogen-bond acceptors (Lipinski definition) is 2. The van der Waals surface area contributed by atoms with Crippen molar-refractivity contribution in [1.29, 1.82) is 0 Å². The molecule has 0 aliphatic rings. The van der Waals surface area contributed by atoms with Gasteiger partial charge in [0.1, 0.15) is 11.6 Å². The quantitative estimate of drug-likeness (QED) is 0.849. The number of benzene rings is 2. The van der Waals surface area contributed by atoms with E-state index in [0.29, 0.717) is 12.2 Å². The predicted molar refractivity (Wildman–Crippen MR) is 87.4 cm³/mol. The third-order valence-electron chi connectivity index (χ3n) is 3.41. The highest BCUT2D eigenvalue weighted by Gasteiger charge is 2.15. The van der Waals surface area contributed by atoms with Gasteiger partial charge in [-0.25, -0.2) is 4.39 Å². The van der Waals surface area contributed by atoms with Crippen LogP contribution in [0.15, 0.2) is 40.9 Å². The molecule has 112 valence electrons. The van der Waals surface area contributed by atoms with Crippen LogP contribution < -0.4 is 10.1 Å². The van der Waals surface area contributed by atoms with Crippen molar-refractivity contribution < 1.29 is 9.13 Å². The van der Waals surface area contributed by atoms with Gasteiger partial charge >= 0.3 is 0 Å². The van der Waals surface area contributed by atoms with Crippen molar-refractivity contribution in [3.8, 4) is 5.75 Å². The Bertz CT molecular complexity index is 630. The lowest BCUT2D eigenvalue weighted by Crippen LogP contribution is -2.18. The molecule has 0 heterocycles. The van der Waals surface area contributed by atoms with Gasteiger partial charge in [-0.3, -0.25) is 0 Å². The Hall–Kier alpha value is -1.39. The summed E-state index contributed by atoms with van der Waals surface area (Å²) >= 11 is 3.52. The molecule has 4 heteroatoms.